The van der Waals surface area contributed by atoms with E-state index in [0.717, 1.165) is 11.8 Å². The third-order valence-electron chi connectivity index (χ3n) is 5.42. The summed E-state index contributed by atoms with van der Waals surface area (Å²) in [5, 5.41) is 8.69. The van der Waals surface area contributed by atoms with Crippen molar-refractivity contribution in [1.29, 1.82) is 0 Å². The van der Waals surface area contributed by atoms with Crippen molar-refractivity contribution >= 4 is 17.8 Å². The Kier molecular flexibility index (Phi) is 3.87. The summed E-state index contributed by atoms with van der Waals surface area (Å²) in [7, 11) is 0. The van der Waals surface area contributed by atoms with E-state index in [1.807, 2.05) is 0 Å². The summed E-state index contributed by atoms with van der Waals surface area (Å²) in [6.45, 7) is 1.57. The SMILES string of the molecule is O=C(O)C(=O)N1CCN(C(=O)CC2CC3CCC2C3)CC1. The monoisotopic (exact) mass is 294 g/mol. The normalized spacial score (nSPS) is 31.5. The molecule has 1 heterocycles. The molecule has 0 spiro atoms. The molecule has 3 atom stereocenters. The van der Waals surface area contributed by atoms with Crippen molar-refractivity contribution < 1.29 is 19.5 Å². The van der Waals surface area contributed by atoms with Gasteiger partial charge in [-0.2, -0.15) is 0 Å². The van der Waals surface area contributed by atoms with Crippen LogP contribution in [0.3, 0.4) is 0 Å². The van der Waals surface area contributed by atoms with E-state index < -0.39 is 11.9 Å². The Balaban J connectivity index is 1.47. The highest BCUT2D eigenvalue weighted by molar-refractivity contribution is 6.31. The van der Waals surface area contributed by atoms with E-state index in [1.54, 1.807) is 4.90 Å². The molecule has 3 aliphatic rings. The summed E-state index contributed by atoms with van der Waals surface area (Å²) in [6.07, 6.45) is 5.76. The lowest BCUT2D eigenvalue weighted by molar-refractivity contribution is -0.157. The van der Waals surface area contributed by atoms with Crippen LogP contribution in [-0.4, -0.2) is 58.9 Å². The number of carbonyl (C=O) groups excluding carboxylic acids is 2. The highest BCUT2D eigenvalue weighted by atomic mass is 16.4. The average molecular weight is 294 g/mol. The van der Waals surface area contributed by atoms with E-state index in [2.05, 4.69) is 0 Å². The van der Waals surface area contributed by atoms with E-state index in [-0.39, 0.29) is 5.91 Å². The molecule has 0 aromatic rings. The van der Waals surface area contributed by atoms with Crippen LogP contribution in [0.25, 0.3) is 0 Å². The quantitative estimate of drug-likeness (QED) is 0.755. The lowest BCUT2D eigenvalue weighted by Crippen LogP contribution is -2.52. The summed E-state index contributed by atoms with van der Waals surface area (Å²) in [5.74, 6) is 0.0310. The maximum absolute atomic E-state index is 12.3. The van der Waals surface area contributed by atoms with Gasteiger partial charge in [0.05, 0.1) is 0 Å². The van der Waals surface area contributed by atoms with Crippen molar-refractivity contribution in [3.05, 3.63) is 0 Å². The molecule has 3 fully saturated rings. The van der Waals surface area contributed by atoms with E-state index in [4.69, 9.17) is 5.11 Å². The molecular formula is C15H22N2O4. The Morgan fingerprint density at radius 3 is 2.14 bits per heavy atom. The largest absolute Gasteiger partial charge is 0.474 e. The lowest BCUT2D eigenvalue weighted by Gasteiger charge is -2.35. The van der Waals surface area contributed by atoms with Crippen LogP contribution in [0, 0.1) is 17.8 Å². The maximum Gasteiger partial charge on any atom is 0.394 e. The van der Waals surface area contributed by atoms with Crippen LogP contribution in [0.1, 0.15) is 32.1 Å². The van der Waals surface area contributed by atoms with Crippen LogP contribution < -0.4 is 0 Å². The molecule has 21 heavy (non-hydrogen) atoms. The molecule has 0 aromatic heterocycles. The molecule has 6 heteroatoms. The molecule has 1 aliphatic heterocycles. The van der Waals surface area contributed by atoms with Gasteiger partial charge in [-0.1, -0.05) is 6.42 Å². The third-order valence-corrected chi connectivity index (χ3v) is 5.42. The molecule has 2 aliphatic carbocycles. The molecule has 116 valence electrons. The Bertz CT molecular complexity index is 457. The van der Waals surface area contributed by atoms with Gasteiger partial charge in [-0.05, 0) is 37.0 Å². The zero-order chi connectivity index (χ0) is 15.0. The molecule has 0 aromatic carbocycles. The lowest BCUT2D eigenvalue weighted by atomic mass is 9.86. The molecule has 2 bridgehead atoms. The number of fused-ring (bicyclic) bond motifs is 2. The van der Waals surface area contributed by atoms with Crippen molar-refractivity contribution in [3.63, 3.8) is 0 Å². The van der Waals surface area contributed by atoms with E-state index >= 15 is 0 Å². The maximum atomic E-state index is 12.3. The molecule has 1 N–H and O–H groups in total. The first kappa shape index (κ1) is 14.4. The molecule has 0 radical (unpaired) electrons. The number of rotatable bonds is 2. The first-order valence-electron chi connectivity index (χ1n) is 7.84. The number of carboxylic acid groups (broad SMARTS) is 1. The van der Waals surface area contributed by atoms with Gasteiger partial charge in [-0.25, -0.2) is 4.79 Å². The molecule has 6 nitrogen and oxygen atoms in total. The topological polar surface area (TPSA) is 77.9 Å². The Morgan fingerprint density at radius 1 is 0.952 bits per heavy atom. The second-order valence-corrected chi connectivity index (χ2v) is 6.62. The highest BCUT2D eigenvalue weighted by Crippen LogP contribution is 2.49. The first-order valence-corrected chi connectivity index (χ1v) is 7.84. The molecule has 1 saturated heterocycles. The standard InChI is InChI=1S/C15H22N2O4/c18-13(9-12-8-10-1-2-11(12)7-10)16-3-5-17(6-4-16)14(19)15(20)21/h10-12H,1-9H2,(H,20,21). The van der Waals surface area contributed by atoms with Gasteiger partial charge in [-0.3, -0.25) is 9.59 Å². The number of hydrogen-bond acceptors (Lipinski definition) is 3. The van der Waals surface area contributed by atoms with Crippen LogP contribution >= 0.6 is 0 Å². The van der Waals surface area contributed by atoms with Crippen LogP contribution in [0.5, 0.6) is 0 Å². The number of carboxylic acids is 1. The van der Waals surface area contributed by atoms with Gasteiger partial charge in [0.2, 0.25) is 5.91 Å². The molecule has 3 unspecified atom stereocenters. The zero-order valence-corrected chi connectivity index (χ0v) is 12.2. The average Bonchev–Trinajstić information content (AvgIpc) is 3.09. The summed E-state index contributed by atoms with van der Waals surface area (Å²) in [4.78, 5) is 37.5. The minimum absolute atomic E-state index is 0.176. The Hall–Kier alpha value is -1.59. The van der Waals surface area contributed by atoms with Crippen molar-refractivity contribution in [2.45, 2.75) is 32.1 Å². The number of hydrogen-bond donors (Lipinski definition) is 1. The van der Waals surface area contributed by atoms with E-state index in [1.165, 1.54) is 30.6 Å². The van der Waals surface area contributed by atoms with Gasteiger partial charge in [0.15, 0.2) is 0 Å². The first-order chi connectivity index (χ1) is 10.0. The van der Waals surface area contributed by atoms with Crippen molar-refractivity contribution in [1.82, 2.24) is 9.80 Å². The van der Waals surface area contributed by atoms with Gasteiger partial charge < -0.3 is 14.9 Å². The van der Waals surface area contributed by atoms with Crippen molar-refractivity contribution in [3.8, 4) is 0 Å². The van der Waals surface area contributed by atoms with Crippen LogP contribution in [0.4, 0.5) is 0 Å². The van der Waals surface area contributed by atoms with Crippen LogP contribution in [-0.2, 0) is 14.4 Å². The van der Waals surface area contributed by atoms with E-state index in [0.29, 0.717) is 38.5 Å². The van der Waals surface area contributed by atoms with Crippen LogP contribution in [0.15, 0.2) is 0 Å². The smallest absolute Gasteiger partial charge is 0.394 e. The van der Waals surface area contributed by atoms with Gasteiger partial charge in [0.25, 0.3) is 0 Å². The highest BCUT2D eigenvalue weighted by Gasteiger charge is 2.40. The number of carbonyl (C=O) groups is 3. The fourth-order valence-corrected chi connectivity index (χ4v) is 4.27. The minimum atomic E-state index is -1.42. The Labute approximate surface area is 124 Å². The second kappa shape index (κ2) is 5.66. The summed E-state index contributed by atoms with van der Waals surface area (Å²) < 4.78 is 0. The molecule has 2 saturated carbocycles. The second-order valence-electron chi connectivity index (χ2n) is 6.62. The number of piperazine rings is 1. The predicted octanol–water partition coefficient (Wildman–Crippen LogP) is 0.568. The fourth-order valence-electron chi connectivity index (χ4n) is 4.27. The molecular weight excluding hydrogens is 272 g/mol. The van der Waals surface area contributed by atoms with Crippen molar-refractivity contribution in [2.75, 3.05) is 26.2 Å². The summed E-state index contributed by atoms with van der Waals surface area (Å²) >= 11 is 0. The number of aliphatic carboxylic acids is 1. The third kappa shape index (κ3) is 2.89. The summed E-state index contributed by atoms with van der Waals surface area (Å²) in [6, 6.07) is 0. The van der Waals surface area contributed by atoms with Gasteiger partial charge in [0.1, 0.15) is 0 Å². The van der Waals surface area contributed by atoms with Crippen LogP contribution in [0.2, 0.25) is 0 Å². The summed E-state index contributed by atoms with van der Waals surface area (Å²) in [5.41, 5.74) is 0. The Morgan fingerprint density at radius 2 is 1.62 bits per heavy atom. The predicted molar refractivity (Wildman–Crippen MR) is 74.4 cm³/mol. The van der Waals surface area contributed by atoms with E-state index in [9.17, 15) is 14.4 Å². The molecule has 3 rings (SSSR count). The zero-order valence-electron chi connectivity index (χ0n) is 12.2. The molecule has 2 amide bonds. The van der Waals surface area contributed by atoms with Crippen molar-refractivity contribution in [2.24, 2.45) is 17.8 Å². The van der Waals surface area contributed by atoms with Gasteiger partial charge in [0, 0.05) is 32.6 Å². The minimum Gasteiger partial charge on any atom is -0.474 e. The number of amides is 2. The number of nitrogens with zero attached hydrogens (tertiary/aromatic N) is 2. The van der Waals surface area contributed by atoms with Gasteiger partial charge >= 0.3 is 11.9 Å². The van der Waals surface area contributed by atoms with Gasteiger partial charge in [-0.15, -0.1) is 0 Å². The fraction of sp³-hybridized carbons (Fsp3) is 0.800.